The van der Waals surface area contributed by atoms with Crippen LogP contribution in [0.5, 0.6) is 0 Å². The van der Waals surface area contributed by atoms with Gasteiger partial charge in [-0.2, -0.15) is 0 Å². The first-order valence-corrected chi connectivity index (χ1v) is 10.1. The van der Waals surface area contributed by atoms with Crippen LogP contribution in [0.25, 0.3) is 0 Å². The number of hydrogen-bond acceptors (Lipinski definition) is 4. The Morgan fingerprint density at radius 1 is 1.10 bits per heavy atom. The predicted octanol–water partition coefficient (Wildman–Crippen LogP) is 1.72. The maximum atomic E-state index is 13.1. The number of carboxylic acid groups (broad SMARTS) is 1. The van der Waals surface area contributed by atoms with Gasteiger partial charge in [-0.25, -0.2) is 4.39 Å². The summed E-state index contributed by atoms with van der Waals surface area (Å²) >= 11 is 0. The fraction of sp³-hybridized carbons (Fsp3) is 0.571. The molecule has 0 bridgehead atoms. The standard InChI is InChI=1S/C21H28FN3O4/c22-17-5-3-14(4-6-17)21(29)25-11-7-15(12-19(26)27)16(13-25)8-10-24-9-1-2-18(24)20(23)28/h3-6,15-16,18H,1-2,7-13H2,(H2,23,28)(H,26,27). The first-order valence-electron chi connectivity index (χ1n) is 10.1. The van der Waals surface area contributed by atoms with Crippen LogP contribution in [0.2, 0.25) is 0 Å². The first-order chi connectivity index (χ1) is 13.8. The van der Waals surface area contributed by atoms with E-state index in [1.54, 1.807) is 4.90 Å². The molecule has 0 saturated carbocycles. The zero-order valence-corrected chi connectivity index (χ0v) is 16.4. The van der Waals surface area contributed by atoms with E-state index in [1.165, 1.54) is 24.3 Å². The van der Waals surface area contributed by atoms with Crippen LogP contribution in [-0.2, 0) is 9.59 Å². The molecule has 8 heteroatoms. The Bertz CT molecular complexity index is 755. The molecule has 2 aliphatic heterocycles. The number of aliphatic carboxylic acids is 1. The lowest BCUT2D eigenvalue weighted by Crippen LogP contribution is -2.46. The van der Waals surface area contributed by atoms with Gasteiger partial charge >= 0.3 is 5.97 Å². The van der Waals surface area contributed by atoms with Crippen LogP contribution in [0.3, 0.4) is 0 Å². The Kier molecular flexibility index (Phi) is 6.84. The molecule has 2 aliphatic rings. The summed E-state index contributed by atoms with van der Waals surface area (Å²) in [5.74, 6) is -1.71. The molecule has 7 nitrogen and oxygen atoms in total. The molecule has 29 heavy (non-hydrogen) atoms. The number of likely N-dealkylation sites (tertiary alicyclic amines) is 2. The molecular weight excluding hydrogens is 377 g/mol. The maximum Gasteiger partial charge on any atom is 0.303 e. The molecule has 1 aromatic rings. The van der Waals surface area contributed by atoms with E-state index in [-0.39, 0.29) is 36.1 Å². The van der Waals surface area contributed by atoms with Gasteiger partial charge in [0.2, 0.25) is 5.91 Å². The normalized spacial score (nSPS) is 25.1. The molecule has 1 aromatic carbocycles. The monoisotopic (exact) mass is 405 g/mol. The minimum atomic E-state index is -0.838. The van der Waals surface area contributed by atoms with Crippen molar-refractivity contribution in [1.29, 1.82) is 0 Å². The molecule has 0 aromatic heterocycles. The second kappa shape index (κ2) is 9.35. The lowest BCUT2D eigenvalue weighted by Gasteiger charge is -2.39. The third-order valence-corrected chi connectivity index (χ3v) is 6.19. The third kappa shape index (κ3) is 5.32. The van der Waals surface area contributed by atoms with E-state index in [0.717, 1.165) is 19.4 Å². The number of piperidine rings is 1. The molecule has 3 rings (SSSR count). The highest BCUT2D eigenvalue weighted by Crippen LogP contribution is 2.31. The lowest BCUT2D eigenvalue weighted by atomic mass is 9.81. The summed E-state index contributed by atoms with van der Waals surface area (Å²) in [6.45, 7) is 2.41. The van der Waals surface area contributed by atoms with Gasteiger partial charge < -0.3 is 15.7 Å². The third-order valence-electron chi connectivity index (χ3n) is 6.19. The number of nitrogens with zero attached hydrogens (tertiary/aromatic N) is 2. The van der Waals surface area contributed by atoms with Gasteiger partial charge in [0.25, 0.3) is 5.91 Å². The molecule has 3 atom stereocenters. The van der Waals surface area contributed by atoms with Crippen molar-refractivity contribution in [3.05, 3.63) is 35.6 Å². The average molecular weight is 405 g/mol. The van der Waals surface area contributed by atoms with Gasteiger partial charge in [-0.05, 0) is 74.9 Å². The van der Waals surface area contributed by atoms with Crippen LogP contribution in [0.4, 0.5) is 4.39 Å². The highest BCUT2D eigenvalue weighted by atomic mass is 19.1. The van der Waals surface area contributed by atoms with Crippen LogP contribution in [-0.4, -0.2) is 64.9 Å². The predicted molar refractivity (Wildman–Crippen MR) is 105 cm³/mol. The molecule has 3 unspecified atom stereocenters. The number of carbonyl (C=O) groups excluding carboxylic acids is 2. The number of rotatable bonds is 7. The summed E-state index contributed by atoms with van der Waals surface area (Å²) in [7, 11) is 0. The van der Waals surface area contributed by atoms with Crippen molar-refractivity contribution >= 4 is 17.8 Å². The molecule has 2 amide bonds. The van der Waals surface area contributed by atoms with Crippen LogP contribution < -0.4 is 5.73 Å². The molecule has 2 heterocycles. The van der Waals surface area contributed by atoms with Crippen molar-refractivity contribution in [1.82, 2.24) is 9.80 Å². The van der Waals surface area contributed by atoms with Gasteiger partial charge in [-0.1, -0.05) is 0 Å². The van der Waals surface area contributed by atoms with Gasteiger partial charge in [0.05, 0.1) is 6.04 Å². The molecular formula is C21H28FN3O4. The highest BCUT2D eigenvalue weighted by Gasteiger charge is 2.35. The number of halogens is 1. The molecule has 2 saturated heterocycles. The second-order valence-electron chi connectivity index (χ2n) is 8.05. The van der Waals surface area contributed by atoms with Crippen molar-refractivity contribution in [2.24, 2.45) is 17.6 Å². The number of amides is 2. The summed E-state index contributed by atoms with van der Waals surface area (Å²) in [4.78, 5) is 39.5. The van der Waals surface area contributed by atoms with Gasteiger partial charge in [-0.3, -0.25) is 19.3 Å². The van der Waals surface area contributed by atoms with Gasteiger partial charge in [0.15, 0.2) is 0 Å². The summed E-state index contributed by atoms with van der Waals surface area (Å²) in [5, 5.41) is 9.27. The Morgan fingerprint density at radius 2 is 1.83 bits per heavy atom. The van der Waals surface area contributed by atoms with E-state index in [2.05, 4.69) is 4.90 Å². The first kappa shape index (κ1) is 21.2. The lowest BCUT2D eigenvalue weighted by molar-refractivity contribution is -0.139. The van der Waals surface area contributed by atoms with E-state index in [1.807, 2.05) is 0 Å². The van der Waals surface area contributed by atoms with E-state index < -0.39 is 11.8 Å². The second-order valence-corrected chi connectivity index (χ2v) is 8.05. The van der Waals surface area contributed by atoms with Gasteiger partial charge in [-0.15, -0.1) is 0 Å². The Balaban J connectivity index is 1.66. The molecule has 0 aliphatic carbocycles. The number of carboxylic acids is 1. The number of nitrogens with two attached hydrogens (primary N) is 1. The van der Waals surface area contributed by atoms with Crippen molar-refractivity contribution < 1.29 is 23.9 Å². The minimum absolute atomic E-state index is 0.0144. The number of primary amides is 1. The van der Waals surface area contributed by atoms with E-state index in [0.29, 0.717) is 38.0 Å². The molecule has 158 valence electrons. The summed E-state index contributed by atoms with van der Waals surface area (Å²) < 4.78 is 13.1. The topological polar surface area (TPSA) is 104 Å². The summed E-state index contributed by atoms with van der Waals surface area (Å²) in [6, 6.07) is 5.21. The zero-order chi connectivity index (χ0) is 21.0. The molecule has 0 spiro atoms. The summed E-state index contributed by atoms with van der Waals surface area (Å²) in [6.07, 6.45) is 3.07. The minimum Gasteiger partial charge on any atom is -0.481 e. The Hall–Kier alpha value is -2.48. The van der Waals surface area contributed by atoms with Crippen LogP contribution in [0.1, 0.15) is 42.5 Å². The van der Waals surface area contributed by atoms with Crippen molar-refractivity contribution in [2.75, 3.05) is 26.2 Å². The fourth-order valence-corrected chi connectivity index (χ4v) is 4.61. The number of hydrogen-bond donors (Lipinski definition) is 2. The van der Waals surface area contributed by atoms with Gasteiger partial charge in [0.1, 0.15) is 5.82 Å². The largest absolute Gasteiger partial charge is 0.481 e. The zero-order valence-electron chi connectivity index (χ0n) is 16.4. The Morgan fingerprint density at radius 3 is 2.48 bits per heavy atom. The van der Waals surface area contributed by atoms with Crippen LogP contribution in [0.15, 0.2) is 24.3 Å². The van der Waals surface area contributed by atoms with Crippen molar-refractivity contribution in [2.45, 2.75) is 38.1 Å². The molecule has 2 fully saturated rings. The SMILES string of the molecule is NC(=O)C1CCCN1CCC1CN(C(=O)c2ccc(F)cc2)CCC1CC(=O)O. The fourth-order valence-electron chi connectivity index (χ4n) is 4.61. The van der Waals surface area contributed by atoms with Crippen molar-refractivity contribution in [3.63, 3.8) is 0 Å². The maximum absolute atomic E-state index is 13.1. The highest BCUT2D eigenvalue weighted by molar-refractivity contribution is 5.94. The quantitative estimate of drug-likeness (QED) is 0.719. The average Bonchev–Trinajstić information content (AvgIpc) is 3.16. The molecule has 0 radical (unpaired) electrons. The van der Waals surface area contributed by atoms with Crippen LogP contribution in [0, 0.1) is 17.7 Å². The van der Waals surface area contributed by atoms with Gasteiger partial charge in [0, 0.05) is 25.1 Å². The number of carbonyl (C=O) groups is 3. The smallest absolute Gasteiger partial charge is 0.303 e. The molecule has 3 N–H and O–H groups in total. The van der Waals surface area contributed by atoms with E-state index >= 15 is 0 Å². The number of benzene rings is 1. The van der Waals surface area contributed by atoms with Crippen molar-refractivity contribution in [3.8, 4) is 0 Å². The Labute approximate surface area is 169 Å². The summed E-state index contributed by atoms with van der Waals surface area (Å²) in [5.41, 5.74) is 5.92. The van der Waals surface area contributed by atoms with E-state index in [4.69, 9.17) is 5.73 Å². The van der Waals surface area contributed by atoms with Crippen LogP contribution >= 0.6 is 0 Å². The van der Waals surface area contributed by atoms with E-state index in [9.17, 15) is 23.9 Å².